The minimum Gasteiger partial charge on any atom is -0.507 e. The molecule has 3 unspecified atom stereocenters. The number of rotatable bonds is 29. The molecule has 6 aliphatic heterocycles. The number of ether oxygens (including phenoxy) is 5. The van der Waals surface area contributed by atoms with Crippen molar-refractivity contribution in [3.63, 3.8) is 0 Å². The molecule has 13 rings (SSSR count). The molecule has 129 heavy (non-hydrogen) atoms. The second-order valence-electron chi connectivity index (χ2n) is 33.1. The molecule has 0 spiro atoms. The zero-order valence-corrected chi connectivity index (χ0v) is 72.4. The number of carbonyl (C=O) groups excluding carboxylic acids is 8. The minimum atomic E-state index is -2.42. The molecule has 27 N–H and O–H groups in total. The lowest BCUT2D eigenvalue weighted by molar-refractivity contribution is -0.299. The number of carbonyl (C=O) groups is 9. The highest BCUT2D eigenvalue weighted by molar-refractivity contribution is 6.32. The molecule has 6 heterocycles. The average Bonchev–Trinajstić information content (AvgIpc) is 0.754. The standard InChI is InChI=1S/C87H109Cl2N11O29/c1-7-38-10-12-39(13-11-38)32-94-87(8-2)31-44(23-37(5)77(87)115)125-76-73(113)71(111)59(35-102)128-86(76)129-75-57-27-43-28-58(75)127-56-19-16-42(26-49(56)89)68(108)66-83(121)98-64(85(123)124)46-29-53(104)47(33-92-20-9-21-93-84(122)74(114)72(112)70(110)54(105)34-101)69(109)61(46)45-24-40(14-17-52(45)103)62(80(118)100-66)97-81(119)63(43)96-79(117)51(30-60(90)106)95-82(120)65(99-78(116)50(91-6)22-36(3)4)67(107)41-15-18-55(126-57)48(88)25-41/h10-19,24-29,36-37,44,50-51,54,59,62-68,70-74,76-77,86,91-92,94,101-105,107-115H,7-9,20-23,30-35H2,1-6H3,(H2,90,106)(H,93,122)(H,95,120)(H,96,117)(H,97,119)(H,98,121)(H,99,116)(H,100,118)(H,123,124)/t37-,44-,50-,51+,54-,59-,62-,63-,64+,65-,66+,67-,68-,70-,71?,72+,73?,74-,76-,77-,86+,87?/m1/s1. The molecular weight excluding hydrogens is 1730 g/mol. The Bertz CT molecular complexity index is 5100. The summed E-state index contributed by atoms with van der Waals surface area (Å²) in [7, 11) is 1.46. The van der Waals surface area contributed by atoms with E-state index < -0.39 is 291 Å². The number of amides is 8. The number of aryl methyl sites for hydroxylation is 1. The first-order chi connectivity index (χ1) is 61.2. The van der Waals surface area contributed by atoms with Crippen LogP contribution in [0.15, 0.2) is 97.1 Å². The Morgan fingerprint density at radius 2 is 1.29 bits per heavy atom. The Hall–Kier alpha value is -10.7. The van der Waals surface area contributed by atoms with Crippen molar-refractivity contribution in [3.05, 3.63) is 152 Å². The van der Waals surface area contributed by atoms with Crippen molar-refractivity contribution in [3.8, 4) is 57.1 Å². The molecule has 700 valence electrons. The van der Waals surface area contributed by atoms with Crippen molar-refractivity contribution in [2.24, 2.45) is 17.6 Å². The number of aliphatic hydroxyl groups excluding tert-OH is 11. The molecule has 1 saturated heterocycles. The zero-order chi connectivity index (χ0) is 94.1. The molecule has 8 amide bonds. The third kappa shape index (κ3) is 22.5. The summed E-state index contributed by atoms with van der Waals surface area (Å²) in [5.74, 6) is -18.5. The average molecular weight is 1840 g/mol. The van der Waals surface area contributed by atoms with Gasteiger partial charge in [0.1, 0.15) is 114 Å². The SMILES string of the molecule is CCc1ccc(CNC2(CC)C[C@H](O[C@@H]3C(O)C(O)[C@@H](CO)O[C@H]3Oc3c4cc5cc3Oc3ccc(cc3Cl)[C@@H](O)[C@@H](NC(=O)[C@@H](CC(C)C)NC)C(=O)N[C@@H](CC(N)=O)C(=O)N[C@H]5C(=O)N[C@H]3C(=O)N[C@H](C(=O)N[C@H](C(=O)O)c5cc(O)c(CNCCCNC(=O)[C@H](O)[C@@H](O)[C@H](O)[C@H](O)CO)c(O)c5-c5cc3ccc5O)[C@H](O)c3ccc(c(Cl)c3)O4)C[C@@H](C)[C@H]2O)cc1. The van der Waals surface area contributed by atoms with Crippen LogP contribution in [-0.2, 0) is 72.1 Å². The summed E-state index contributed by atoms with van der Waals surface area (Å²) in [5, 5.41) is 195. The fraction of sp³-hybridized carbons (Fsp3) is 0.483. The lowest BCUT2D eigenvalue weighted by Crippen LogP contribution is -2.64. The normalized spacial score (nSPS) is 26.6. The number of aromatic hydroxyl groups is 3. The van der Waals surface area contributed by atoms with Gasteiger partial charge in [0.2, 0.25) is 53.4 Å². The molecule has 1 saturated carbocycles. The Kier molecular flexibility index (Phi) is 32.9. The number of hydrogen-bond acceptors (Lipinski definition) is 31. The summed E-state index contributed by atoms with van der Waals surface area (Å²) in [4.78, 5) is 133. The Morgan fingerprint density at radius 1 is 0.674 bits per heavy atom. The van der Waals surface area contributed by atoms with Crippen LogP contribution in [0.4, 0.5) is 0 Å². The van der Waals surface area contributed by atoms with Gasteiger partial charge in [-0.3, -0.25) is 38.4 Å². The molecule has 11 bridgehead atoms. The van der Waals surface area contributed by atoms with Crippen molar-refractivity contribution in [1.29, 1.82) is 0 Å². The van der Waals surface area contributed by atoms with Crippen molar-refractivity contribution < 1.29 is 143 Å². The fourth-order valence-electron chi connectivity index (χ4n) is 16.4. The number of phenols is 3. The quantitative estimate of drug-likeness (QED) is 0.0265. The topological polar surface area (TPSA) is 650 Å². The summed E-state index contributed by atoms with van der Waals surface area (Å²) >= 11 is 14.4. The van der Waals surface area contributed by atoms with Crippen LogP contribution in [0.1, 0.15) is 148 Å². The van der Waals surface area contributed by atoms with Gasteiger partial charge < -0.3 is 159 Å². The van der Waals surface area contributed by atoms with Gasteiger partial charge in [-0.2, -0.15) is 0 Å². The number of nitrogens with one attached hydrogen (secondary N) is 10. The van der Waals surface area contributed by atoms with Crippen LogP contribution in [-0.4, -0.2) is 260 Å². The van der Waals surface area contributed by atoms with E-state index in [-0.39, 0.29) is 66.6 Å². The summed E-state index contributed by atoms with van der Waals surface area (Å²) in [6.45, 7) is 6.74. The van der Waals surface area contributed by atoms with E-state index in [1.807, 2.05) is 52.0 Å². The predicted molar refractivity (Wildman–Crippen MR) is 456 cm³/mol. The maximum Gasteiger partial charge on any atom is 0.330 e. The number of fused-ring (bicyclic) bond motifs is 15. The number of likely N-dealkylation sites (N-methyl/N-ethyl adjacent to an activating group) is 1. The van der Waals surface area contributed by atoms with Gasteiger partial charge in [0.05, 0.1) is 53.5 Å². The number of aliphatic hydroxyl groups is 11. The van der Waals surface area contributed by atoms with E-state index in [1.165, 1.54) is 19.2 Å². The highest BCUT2D eigenvalue weighted by Crippen LogP contribution is 2.51. The molecule has 6 aromatic rings. The third-order valence-electron chi connectivity index (χ3n) is 23.7. The number of aliphatic carboxylic acids is 1. The van der Waals surface area contributed by atoms with E-state index in [9.17, 15) is 90.7 Å². The van der Waals surface area contributed by atoms with E-state index in [2.05, 4.69) is 53.2 Å². The maximum absolute atomic E-state index is 16.5. The van der Waals surface area contributed by atoms with Crippen LogP contribution in [0.25, 0.3) is 11.1 Å². The minimum absolute atomic E-state index is 0.0121. The lowest BCUT2D eigenvalue weighted by Gasteiger charge is -2.50. The first-order valence-corrected chi connectivity index (χ1v) is 42.7. The van der Waals surface area contributed by atoms with Crippen LogP contribution in [0.2, 0.25) is 10.0 Å². The molecule has 22 atom stereocenters. The Balaban J connectivity index is 1.09. The number of benzene rings is 6. The van der Waals surface area contributed by atoms with E-state index in [0.717, 1.165) is 78.2 Å². The molecule has 0 aromatic heterocycles. The van der Waals surface area contributed by atoms with Crippen LogP contribution in [0, 0.1) is 11.8 Å². The molecule has 42 heteroatoms. The summed E-state index contributed by atoms with van der Waals surface area (Å²) in [6, 6.07) is 5.73. The van der Waals surface area contributed by atoms with E-state index in [0.29, 0.717) is 13.0 Å². The van der Waals surface area contributed by atoms with Gasteiger partial charge in [0.25, 0.3) is 5.91 Å². The number of carboxylic acid groups (broad SMARTS) is 1. The lowest BCUT2D eigenvalue weighted by atomic mass is 9.70. The van der Waals surface area contributed by atoms with Crippen LogP contribution in [0.5, 0.6) is 46.0 Å². The van der Waals surface area contributed by atoms with Crippen LogP contribution >= 0.6 is 23.2 Å². The van der Waals surface area contributed by atoms with Gasteiger partial charge >= 0.3 is 5.97 Å². The number of halogens is 2. The monoisotopic (exact) mass is 1840 g/mol. The summed E-state index contributed by atoms with van der Waals surface area (Å²) in [5.41, 5.74) is 2.96. The number of phenolic OH excluding ortho intramolecular Hbond substituents is 3. The van der Waals surface area contributed by atoms with Gasteiger partial charge in [-0.25, -0.2) is 4.79 Å². The number of carboxylic acids is 1. The molecule has 7 aliphatic rings. The number of nitrogens with two attached hydrogens (primary N) is 1. The molecule has 0 radical (unpaired) electrons. The number of primary amides is 1. The Morgan fingerprint density at radius 3 is 1.89 bits per heavy atom. The van der Waals surface area contributed by atoms with Gasteiger partial charge in [-0.1, -0.05) is 100 Å². The number of hydrogen-bond donors (Lipinski definition) is 26. The highest BCUT2D eigenvalue weighted by atomic mass is 35.5. The molecular formula is C87H109Cl2N11O29. The second-order valence-corrected chi connectivity index (χ2v) is 33.9. The van der Waals surface area contributed by atoms with Crippen molar-refractivity contribution in [2.45, 2.75) is 220 Å². The molecule has 1 aliphatic carbocycles. The van der Waals surface area contributed by atoms with Crippen molar-refractivity contribution in [2.75, 3.05) is 33.4 Å². The van der Waals surface area contributed by atoms with Gasteiger partial charge in [-0.05, 0) is 152 Å². The van der Waals surface area contributed by atoms with E-state index in [1.54, 1.807) is 6.92 Å². The fourth-order valence-corrected chi connectivity index (χ4v) is 16.8. The van der Waals surface area contributed by atoms with Gasteiger partial charge in [-0.15, -0.1) is 0 Å². The van der Waals surface area contributed by atoms with Gasteiger partial charge in [0.15, 0.2) is 23.6 Å². The largest absolute Gasteiger partial charge is 0.507 e. The van der Waals surface area contributed by atoms with E-state index in [4.69, 9.17) is 57.7 Å². The Labute approximate surface area is 749 Å². The smallest absolute Gasteiger partial charge is 0.330 e. The zero-order valence-electron chi connectivity index (χ0n) is 70.9. The van der Waals surface area contributed by atoms with Crippen LogP contribution < -0.4 is 73.1 Å². The first-order valence-electron chi connectivity index (χ1n) is 41.9. The highest BCUT2D eigenvalue weighted by Gasteiger charge is 2.53. The van der Waals surface area contributed by atoms with Gasteiger partial charge in [0, 0.05) is 41.9 Å². The van der Waals surface area contributed by atoms with Crippen molar-refractivity contribution in [1.82, 2.24) is 53.2 Å². The first kappa shape index (κ1) is 98.9. The second kappa shape index (κ2) is 42.9. The maximum atomic E-state index is 16.5. The van der Waals surface area contributed by atoms with Crippen LogP contribution in [0.3, 0.4) is 0 Å². The van der Waals surface area contributed by atoms with E-state index >= 15 is 24.0 Å². The molecule has 6 aromatic carbocycles. The summed E-state index contributed by atoms with van der Waals surface area (Å²) < 4.78 is 33.7. The molecule has 2 fully saturated rings. The van der Waals surface area contributed by atoms with Crippen molar-refractivity contribution >= 4 is 76.4 Å². The summed E-state index contributed by atoms with van der Waals surface area (Å²) in [6.07, 6.45) is -23.9. The third-order valence-corrected chi connectivity index (χ3v) is 24.3. The molecule has 40 nitrogen and oxygen atoms in total. The predicted octanol–water partition coefficient (Wildman–Crippen LogP) is -0.415.